The molecule has 0 saturated heterocycles. The van der Waals surface area contributed by atoms with Crippen LogP contribution in [0.3, 0.4) is 0 Å². The van der Waals surface area contributed by atoms with Crippen LogP contribution in [0, 0.1) is 0 Å². The zero-order chi connectivity index (χ0) is 12.0. The molecule has 0 aromatic carbocycles. The van der Waals surface area contributed by atoms with Gasteiger partial charge in [0.15, 0.2) is 12.9 Å². The quantitative estimate of drug-likeness (QED) is 0.344. The second kappa shape index (κ2) is 6.27. The van der Waals surface area contributed by atoms with Gasteiger partial charge in [0, 0.05) is 0 Å². The fourth-order valence-corrected chi connectivity index (χ4v) is 1.56. The molecule has 5 nitrogen and oxygen atoms in total. The zero-order valence-corrected chi connectivity index (χ0v) is 10.1. The summed E-state index contributed by atoms with van der Waals surface area (Å²) in [6.07, 6.45) is 7.60. The summed E-state index contributed by atoms with van der Waals surface area (Å²) in [6.45, 7) is 4.68. The summed E-state index contributed by atoms with van der Waals surface area (Å²) in [7, 11) is 1.89. The van der Waals surface area contributed by atoms with Gasteiger partial charge < -0.3 is 9.94 Å². The molecule has 0 saturated carbocycles. The van der Waals surface area contributed by atoms with Gasteiger partial charge in [-0.3, -0.25) is 0 Å². The molecule has 0 spiro atoms. The van der Waals surface area contributed by atoms with Gasteiger partial charge in [0.25, 0.3) is 0 Å². The monoisotopic (exact) mass is 226 g/mol. The van der Waals surface area contributed by atoms with Crippen LogP contribution in [0.5, 0.6) is 0 Å². The molecule has 1 unspecified atom stereocenters. The molecule has 90 valence electrons. The summed E-state index contributed by atoms with van der Waals surface area (Å²) < 4.78 is 9.44. The molecule has 1 atom stereocenters. The number of imidazole rings is 1. The molecule has 1 heterocycles. The molecule has 1 N–H and O–H groups in total. The van der Waals surface area contributed by atoms with Gasteiger partial charge in [-0.1, -0.05) is 18.5 Å². The van der Waals surface area contributed by atoms with Gasteiger partial charge in [0.1, 0.15) is 12.4 Å². The molecule has 1 rings (SSSR count). The van der Waals surface area contributed by atoms with Crippen molar-refractivity contribution in [1.29, 1.82) is 0 Å². The Morgan fingerprint density at radius 2 is 2.44 bits per heavy atom. The van der Waals surface area contributed by atoms with E-state index in [4.69, 9.17) is 9.94 Å². The Labute approximate surface area is 96.0 Å². The van der Waals surface area contributed by atoms with Crippen molar-refractivity contribution in [2.24, 2.45) is 12.2 Å². The van der Waals surface area contributed by atoms with Gasteiger partial charge >= 0.3 is 5.82 Å². The lowest BCUT2D eigenvalue weighted by atomic mass is 10.2. The molecule has 0 bridgehead atoms. The highest BCUT2D eigenvalue weighted by Gasteiger charge is 2.13. The summed E-state index contributed by atoms with van der Waals surface area (Å²) >= 11 is 0. The van der Waals surface area contributed by atoms with Crippen LogP contribution in [0.15, 0.2) is 17.5 Å². The van der Waals surface area contributed by atoms with Gasteiger partial charge in [-0.2, -0.15) is 0 Å². The van der Waals surface area contributed by atoms with Crippen LogP contribution < -0.4 is 4.57 Å². The fourth-order valence-electron chi connectivity index (χ4n) is 1.56. The Morgan fingerprint density at radius 3 is 3.06 bits per heavy atom. The largest absolute Gasteiger partial charge is 0.411 e. The topological polar surface area (TPSA) is 50.6 Å². The molecular weight excluding hydrogens is 206 g/mol. The van der Waals surface area contributed by atoms with Gasteiger partial charge in [-0.05, 0) is 13.3 Å². The summed E-state index contributed by atoms with van der Waals surface area (Å²) in [6, 6.07) is 0. The Hall–Kier alpha value is -1.36. The first-order valence-corrected chi connectivity index (χ1v) is 5.52. The van der Waals surface area contributed by atoms with Gasteiger partial charge in [-0.25, -0.2) is 9.13 Å². The first-order valence-electron chi connectivity index (χ1n) is 5.52. The Morgan fingerprint density at radius 1 is 1.69 bits per heavy atom. The molecule has 16 heavy (non-hydrogen) atoms. The average Bonchev–Trinajstić information content (AvgIpc) is 2.59. The number of rotatable bonds is 6. The van der Waals surface area contributed by atoms with E-state index >= 15 is 0 Å². The van der Waals surface area contributed by atoms with Gasteiger partial charge in [0.05, 0.1) is 13.2 Å². The van der Waals surface area contributed by atoms with Crippen molar-refractivity contribution in [3.8, 4) is 0 Å². The van der Waals surface area contributed by atoms with Crippen molar-refractivity contribution in [3.05, 3.63) is 18.2 Å². The van der Waals surface area contributed by atoms with Crippen LogP contribution in [0.4, 0.5) is 0 Å². The van der Waals surface area contributed by atoms with Crippen molar-refractivity contribution >= 4 is 6.21 Å². The maximum atomic E-state index is 8.55. The number of hydrogen-bond donors (Lipinski definition) is 1. The first-order chi connectivity index (χ1) is 7.69. The van der Waals surface area contributed by atoms with Crippen LogP contribution in [0.1, 0.15) is 32.5 Å². The summed E-state index contributed by atoms with van der Waals surface area (Å²) in [5, 5.41) is 11.6. The van der Waals surface area contributed by atoms with Crippen molar-refractivity contribution < 1.29 is 14.5 Å². The minimum absolute atomic E-state index is 0.247. The summed E-state index contributed by atoms with van der Waals surface area (Å²) in [5.41, 5.74) is 0. The van der Waals surface area contributed by atoms with E-state index in [1.54, 1.807) is 0 Å². The highest BCUT2D eigenvalue weighted by Crippen LogP contribution is 2.03. The predicted octanol–water partition coefficient (Wildman–Crippen LogP) is 1.28. The van der Waals surface area contributed by atoms with E-state index in [-0.39, 0.29) is 6.10 Å². The third-order valence-corrected chi connectivity index (χ3v) is 2.49. The summed E-state index contributed by atoms with van der Waals surface area (Å²) in [4.78, 5) is 0. The third-order valence-electron chi connectivity index (χ3n) is 2.49. The second-order valence-corrected chi connectivity index (χ2v) is 3.88. The first kappa shape index (κ1) is 12.7. The summed E-state index contributed by atoms with van der Waals surface area (Å²) in [5.74, 6) is 0.797. The number of nitrogens with zero attached hydrogens (tertiary/aromatic N) is 3. The Kier molecular flexibility index (Phi) is 4.98. The molecule has 0 aliphatic rings. The Balaban J connectivity index is 2.60. The molecule has 0 amide bonds. The normalized spacial score (nSPS) is 13.4. The van der Waals surface area contributed by atoms with E-state index in [1.165, 1.54) is 6.21 Å². The van der Waals surface area contributed by atoms with E-state index < -0.39 is 0 Å². The number of hydrogen-bond acceptors (Lipinski definition) is 3. The lowest BCUT2D eigenvalue weighted by Gasteiger charge is -2.09. The van der Waals surface area contributed by atoms with Crippen molar-refractivity contribution in [1.82, 2.24) is 4.57 Å². The maximum absolute atomic E-state index is 8.55. The molecule has 0 aliphatic carbocycles. The molecule has 5 heteroatoms. The number of oxime groups is 1. The van der Waals surface area contributed by atoms with Crippen LogP contribution >= 0.6 is 0 Å². The highest BCUT2D eigenvalue weighted by atomic mass is 16.5. The van der Waals surface area contributed by atoms with Crippen molar-refractivity contribution in [2.45, 2.75) is 39.5 Å². The molecule has 0 fully saturated rings. The molecule has 0 radical (unpaired) electrons. The van der Waals surface area contributed by atoms with E-state index in [2.05, 4.69) is 19.0 Å². The lowest BCUT2D eigenvalue weighted by molar-refractivity contribution is -0.672. The van der Waals surface area contributed by atoms with Gasteiger partial charge in [0.2, 0.25) is 0 Å². The van der Waals surface area contributed by atoms with Crippen LogP contribution in [-0.4, -0.2) is 22.1 Å². The van der Waals surface area contributed by atoms with E-state index in [9.17, 15) is 0 Å². The highest BCUT2D eigenvalue weighted by molar-refractivity contribution is 5.72. The number of ether oxygens (including phenoxy) is 1. The van der Waals surface area contributed by atoms with E-state index in [1.807, 2.05) is 28.6 Å². The van der Waals surface area contributed by atoms with E-state index in [0.717, 1.165) is 18.7 Å². The number of aromatic nitrogens is 2. The molecule has 0 aliphatic heterocycles. The lowest BCUT2D eigenvalue weighted by Crippen LogP contribution is -2.32. The van der Waals surface area contributed by atoms with Crippen molar-refractivity contribution in [2.75, 3.05) is 0 Å². The minimum atomic E-state index is 0.247. The smallest absolute Gasteiger partial charge is 0.305 e. The SMILES string of the molecule is CCCC(C)OCn1cc[n+](C)c1/C=N/O. The van der Waals surface area contributed by atoms with Crippen LogP contribution in [0.2, 0.25) is 0 Å². The minimum Gasteiger partial charge on any atom is -0.411 e. The van der Waals surface area contributed by atoms with E-state index in [0.29, 0.717) is 6.73 Å². The number of aryl methyl sites for hydroxylation is 1. The van der Waals surface area contributed by atoms with Crippen molar-refractivity contribution in [3.63, 3.8) is 0 Å². The Bertz CT molecular complexity index is 347. The van der Waals surface area contributed by atoms with Gasteiger partial charge in [-0.15, -0.1) is 0 Å². The second-order valence-electron chi connectivity index (χ2n) is 3.88. The zero-order valence-electron chi connectivity index (χ0n) is 10.1. The van der Waals surface area contributed by atoms with Crippen LogP contribution in [0.25, 0.3) is 0 Å². The maximum Gasteiger partial charge on any atom is 0.305 e. The fraction of sp³-hybridized carbons (Fsp3) is 0.636. The predicted molar refractivity (Wildman–Crippen MR) is 60.4 cm³/mol. The third kappa shape index (κ3) is 3.34. The molecular formula is C11H20N3O2+. The van der Waals surface area contributed by atoms with Crippen LogP contribution in [-0.2, 0) is 18.5 Å². The standard InChI is InChI=1S/C11H19N3O2/c1-4-5-10(2)16-9-14-7-6-13(3)11(14)8-12-15/h6-8,10H,4-5,9H2,1-3H3/p+1. The average molecular weight is 226 g/mol. The molecule has 1 aromatic rings. The molecule has 1 aromatic heterocycles.